The number of aromatic amines is 1. The lowest BCUT2D eigenvalue weighted by Crippen LogP contribution is -2.38. The van der Waals surface area contributed by atoms with Crippen LogP contribution < -0.4 is 10.3 Å². The molecule has 1 atom stereocenters. The molecule has 1 aliphatic rings. The second kappa shape index (κ2) is 7.11. The highest BCUT2D eigenvalue weighted by molar-refractivity contribution is 6.04. The molecule has 0 saturated carbocycles. The monoisotopic (exact) mass is 354 g/mol. The van der Waals surface area contributed by atoms with Gasteiger partial charge in [-0.25, -0.2) is 4.98 Å². The number of benzene rings is 1. The summed E-state index contributed by atoms with van der Waals surface area (Å²) < 4.78 is 6.99. The largest absolute Gasteiger partial charge is 0.497 e. The fraction of sp³-hybridized carbons (Fsp3) is 0.500. The molecule has 2 aromatic heterocycles. The van der Waals surface area contributed by atoms with Gasteiger partial charge in [-0.05, 0) is 44.9 Å². The summed E-state index contributed by atoms with van der Waals surface area (Å²) in [7, 11) is 1.64. The van der Waals surface area contributed by atoms with Crippen molar-refractivity contribution in [2.75, 3.05) is 20.2 Å². The molecule has 6 nitrogen and oxygen atoms in total. The molecule has 1 aromatic carbocycles. The van der Waals surface area contributed by atoms with E-state index in [1.165, 1.54) is 25.8 Å². The van der Waals surface area contributed by atoms with Crippen molar-refractivity contribution >= 4 is 21.9 Å². The van der Waals surface area contributed by atoms with E-state index in [1.54, 1.807) is 18.0 Å². The van der Waals surface area contributed by atoms with E-state index in [1.807, 2.05) is 18.2 Å². The highest BCUT2D eigenvalue weighted by Gasteiger charge is 2.17. The number of nitrogens with one attached hydrogen (secondary N) is 1. The van der Waals surface area contributed by atoms with Crippen LogP contribution in [0.15, 0.2) is 29.3 Å². The molecule has 3 heterocycles. The number of ether oxygens (including phenoxy) is 1. The molecule has 1 N–H and O–H groups in total. The standard InChI is InChI=1S/C20H26N4O2/c1-14-6-3-4-9-23(14)10-5-11-24-13-21-18-16-8-7-15(26-2)12-17(16)22-19(18)20(24)25/h7-8,12-14,22H,3-6,9-11H2,1-2H3. The van der Waals surface area contributed by atoms with Gasteiger partial charge in [-0.15, -0.1) is 0 Å². The van der Waals surface area contributed by atoms with E-state index in [0.717, 1.165) is 35.1 Å². The highest BCUT2D eigenvalue weighted by Crippen LogP contribution is 2.25. The molecule has 0 aliphatic carbocycles. The lowest BCUT2D eigenvalue weighted by molar-refractivity contribution is 0.156. The van der Waals surface area contributed by atoms with Crippen molar-refractivity contribution in [3.8, 4) is 5.75 Å². The van der Waals surface area contributed by atoms with Crippen molar-refractivity contribution in [1.29, 1.82) is 0 Å². The summed E-state index contributed by atoms with van der Waals surface area (Å²) in [6.45, 7) is 5.22. The van der Waals surface area contributed by atoms with Crippen LogP contribution in [0.4, 0.5) is 0 Å². The van der Waals surface area contributed by atoms with Gasteiger partial charge in [0.15, 0.2) is 0 Å². The van der Waals surface area contributed by atoms with Gasteiger partial charge in [-0.2, -0.15) is 0 Å². The Hall–Kier alpha value is -2.34. The Bertz CT molecular complexity index is 975. The first-order valence-corrected chi connectivity index (χ1v) is 9.46. The SMILES string of the molecule is COc1ccc2c(c1)[nH]c1c(=O)n(CCCN3CCCCC3C)cnc12. The smallest absolute Gasteiger partial charge is 0.277 e. The first kappa shape index (κ1) is 17.1. The number of fused-ring (bicyclic) bond motifs is 3. The van der Waals surface area contributed by atoms with Gasteiger partial charge < -0.3 is 14.6 Å². The number of H-pyrrole nitrogens is 1. The number of hydrogen-bond acceptors (Lipinski definition) is 4. The quantitative estimate of drug-likeness (QED) is 0.764. The topological polar surface area (TPSA) is 63.2 Å². The van der Waals surface area contributed by atoms with E-state index in [4.69, 9.17) is 4.74 Å². The number of methoxy groups -OCH3 is 1. The number of likely N-dealkylation sites (tertiary alicyclic amines) is 1. The normalized spacial score (nSPS) is 18.6. The Morgan fingerprint density at radius 3 is 3.00 bits per heavy atom. The zero-order valence-corrected chi connectivity index (χ0v) is 15.5. The third-order valence-electron chi connectivity index (χ3n) is 5.56. The molecule has 138 valence electrons. The molecule has 4 rings (SSSR count). The lowest BCUT2D eigenvalue weighted by Gasteiger charge is -2.33. The van der Waals surface area contributed by atoms with Crippen LogP contribution >= 0.6 is 0 Å². The summed E-state index contributed by atoms with van der Waals surface area (Å²) in [6, 6.07) is 6.40. The number of rotatable bonds is 5. The molecule has 1 aliphatic heterocycles. The van der Waals surface area contributed by atoms with Crippen molar-refractivity contribution in [2.24, 2.45) is 0 Å². The van der Waals surface area contributed by atoms with Gasteiger partial charge in [0.1, 0.15) is 16.8 Å². The van der Waals surface area contributed by atoms with Crippen LogP contribution in [-0.4, -0.2) is 45.7 Å². The molecule has 6 heteroatoms. The average molecular weight is 354 g/mol. The van der Waals surface area contributed by atoms with Gasteiger partial charge in [-0.3, -0.25) is 9.36 Å². The minimum Gasteiger partial charge on any atom is -0.497 e. The van der Waals surface area contributed by atoms with Crippen LogP contribution in [-0.2, 0) is 6.54 Å². The number of aromatic nitrogens is 3. The van der Waals surface area contributed by atoms with Gasteiger partial charge in [0.05, 0.1) is 19.0 Å². The number of piperidine rings is 1. The van der Waals surface area contributed by atoms with E-state index in [9.17, 15) is 4.79 Å². The maximum atomic E-state index is 12.8. The third-order valence-corrected chi connectivity index (χ3v) is 5.56. The molecule has 3 aromatic rings. The summed E-state index contributed by atoms with van der Waals surface area (Å²) in [5.74, 6) is 0.764. The zero-order valence-electron chi connectivity index (χ0n) is 15.5. The summed E-state index contributed by atoms with van der Waals surface area (Å²) in [6.07, 6.45) is 6.55. The molecule has 1 fully saturated rings. The Morgan fingerprint density at radius 2 is 2.19 bits per heavy atom. The number of nitrogens with zero attached hydrogens (tertiary/aromatic N) is 3. The summed E-state index contributed by atoms with van der Waals surface area (Å²) >= 11 is 0. The average Bonchev–Trinajstić information content (AvgIpc) is 3.03. The third kappa shape index (κ3) is 3.09. The van der Waals surface area contributed by atoms with Gasteiger partial charge in [0, 0.05) is 30.6 Å². The molecule has 0 spiro atoms. The first-order chi connectivity index (χ1) is 12.7. The van der Waals surface area contributed by atoms with E-state index in [2.05, 4.69) is 21.8 Å². The van der Waals surface area contributed by atoms with Crippen molar-refractivity contribution in [3.63, 3.8) is 0 Å². The molecule has 26 heavy (non-hydrogen) atoms. The minimum absolute atomic E-state index is 0.00291. The van der Waals surface area contributed by atoms with E-state index >= 15 is 0 Å². The number of aryl methyl sites for hydroxylation is 1. The second-order valence-electron chi connectivity index (χ2n) is 7.24. The molecule has 0 amide bonds. The van der Waals surface area contributed by atoms with Crippen molar-refractivity contribution in [2.45, 2.75) is 45.2 Å². The Morgan fingerprint density at radius 1 is 1.31 bits per heavy atom. The molecule has 0 bridgehead atoms. The highest BCUT2D eigenvalue weighted by atomic mass is 16.5. The van der Waals surface area contributed by atoms with Crippen LogP contribution in [0.3, 0.4) is 0 Å². The first-order valence-electron chi connectivity index (χ1n) is 9.46. The second-order valence-corrected chi connectivity index (χ2v) is 7.24. The van der Waals surface area contributed by atoms with Crippen LogP contribution in [0, 0.1) is 0 Å². The van der Waals surface area contributed by atoms with E-state index in [0.29, 0.717) is 18.1 Å². The van der Waals surface area contributed by atoms with Crippen LogP contribution in [0.1, 0.15) is 32.6 Å². The minimum atomic E-state index is -0.00291. The Labute approximate surface area is 152 Å². The number of hydrogen-bond donors (Lipinski definition) is 1. The van der Waals surface area contributed by atoms with Crippen molar-refractivity contribution in [3.05, 3.63) is 34.9 Å². The maximum Gasteiger partial charge on any atom is 0.277 e. The van der Waals surface area contributed by atoms with E-state index in [-0.39, 0.29) is 5.56 Å². The Balaban J connectivity index is 1.55. The van der Waals surface area contributed by atoms with Gasteiger partial charge >= 0.3 is 0 Å². The van der Waals surface area contributed by atoms with Crippen LogP contribution in [0.5, 0.6) is 5.75 Å². The summed E-state index contributed by atoms with van der Waals surface area (Å²) in [5.41, 5.74) is 2.18. The molecule has 1 unspecified atom stereocenters. The fourth-order valence-corrected chi connectivity index (χ4v) is 3.99. The summed E-state index contributed by atoms with van der Waals surface area (Å²) in [4.78, 5) is 23.1. The van der Waals surface area contributed by atoms with Gasteiger partial charge in [0.25, 0.3) is 5.56 Å². The van der Waals surface area contributed by atoms with E-state index < -0.39 is 0 Å². The van der Waals surface area contributed by atoms with Crippen LogP contribution in [0.2, 0.25) is 0 Å². The molecular weight excluding hydrogens is 328 g/mol. The molecule has 0 radical (unpaired) electrons. The maximum absolute atomic E-state index is 12.8. The lowest BCUT2D eigenvalue weighted by atomic mass is 10.0. The van der Waals surface area contributed by atoms with Gasteiger partial charge in [-0.1, -0.05) is 6.42 Å². The fourth-order valence-electron chi connectivity index (χ4n) is 3.99. The molecule has 1 saturated heterocycles. The predicted molar refractivity (Wildman–Crippen MR) is 104 cm³/mol. The van der Waals surface area contributed by atoms with Crippen molar-refractivity contribution < 1.29 is 4.74 Å². The predicted octanol–water partition coefficient (Wildman–Crippen LogP) is 3.15. The van der Waals surface area contributed by atoms with Gasteiger partial charge in [0.2, 0.25) is 0 Å². The molecular formula is C20H26N4O2. The zero-order chi connectivity index (χ0) is 18.1. The Kier molecular flexibility index (Phi) is 4.68. The van der Waals surface area contributed by atoms with Crippen molar-refractivity contribution in [1.82, 2.24) is 19.4 Å². The summed E-state index contributed by atoms with van der Waals surface area (Å²) in [5, 5.41) is 0.951. The van der Waals surface area contributed by atoms with Crippen LogP contribution in [0.25, 0.3) is 21.9 Å².